The van der Waals surface area contributed by atoms with E-state index < -0.39 is 5.97 Å². The van der Waals surface area contributed by atoms with Crippen LogP contribution in [0.15, 0.2) is 48.5 Å². The van der Waals surface area contributed by atoms with Crippen LogP contribution >= 0.6 is 0 Å². The van der Waals surface area contributed by atoms with E-state index in [1.807, 2.05) is 0 Å². The molecule has 3 nitrogen and oxygen atoms in total. The van der Waals surface area contributed by atoms with Crippen LogP contribution in [-0.2, 0) is 21.1 Å². The van der Waals surface area contributed by atoms with Crippen LogP contribution in [0.5, 0.6) is 0 Å². The average molecular weight is 409 g/mol. The Hall–Kier alpha value is -1.73. The van der Waals surface area contributed by atoms with E-state index in [0.29, 0.717) is 5.56 Å². The standard InChI is InChI=1S/C14H9O3.W/c15-13(10-6-2-1-3-7-10)11-8-4-5-9-12(11)14(16)17;/h1-4,6-9H,(H,16,17);/q-1;. The molecule has 0 atom stereocenters. The van der Waals surface area contributed by atoms with Crippen LogP contribution in [-0.4, -0.2) is 16.9 Å². The molecule has 0 saturated carbocycles. The van der Waals surface area contributed by atoms with Gasteiger partial charge in [0.05, 0.1) is 0 Å². The van der Waals surface area contributed by atoms with Gasteiger partial charge in [0, 0.05) is 26.6 Å². The SMILES string of the molecule is O=C(O)c1c[c-]ccc1C(=O)c1ccccc1.[W]. The molecule has 0 fully saturated rings. The van der Waals surface area contributed by atoms with Gasteiger partial charge < -0.3 is 5.11 Å². The Labute approximate surface area is 119 Å². The van der Waals surface area contributed by atoms with Crippen LogP contribution in [0.1, 0.15) is 26.3 Å². The molecular weight excluding hydrogens is 400 g/mol. The Bertz CT molecular complexity index is 564. The monoisotopic (exact) mass is 409 g/mol. The van der Waals surface area contributed by atoms with E-state index in [1.54, 1.807) is 30.3 Å². The van der Waals surface area contributed by atoms with Crippen molar-refractivity contribution in [3.05, 3.63) is 71.3 Å². The van der Waals surface area contributed by atoms with Crippen LogP contribution in [0.2, 0.25) is 0 Å². The van der Waals surface area contributed by atoms with Gasteiger partial charge in [-0.05, 0) is 5.56 Å². The number of benzene rings is 2. The summed E-state index contributed by atoms with van der Waals surface area (Å²) in [6.45, 7) is 0. The van der Waals surface area contributed by atoms with Gasteiger partial charge >= 0.3 is 0 Å². The smallest absolute Gasteiger partial charge is 0.279 e. The van der Waals surface area contributed by atoms with Crippen molar-refractivity contribution in [3.8, 4) is 0 Å². The molecule has 0 radical (unpaired) electrons. The summed E-state index contributed by atoms with van der Waals surface area (Å²) in [5.74, 6) is -1.42. The molecule has 1 N–H and O–H groups in total. The first-order chi connectivity index (χ1) is 8.20. The molecule has 0 aliphatic heterocycles. The molecule has 2 rings (SSSR count). The second-order valence-electron chi connectivity index (χ2n) is 3.47. The summed E-state index contributed by atoms with van der Waals surface area (Å²) in [6, 6.07) is 15.6. The molecule has 0 spiro atoms. The minimum absolute atomic E-state index is 0. The number of hydrogen-bond acceptors (Lipinski definition) is 2. The number of carboxylic acids is 1. The zero-order chi connectivity index (χ0) is 12.3. The molecule has 2 aromatic rings. The predicted molar refractivity (Wildman–Crippen MR) is 62.1 cm³/mol. The van der Waals surface area contributed by atoms with E-state index in [1.165, 1.54) is 18.2 Å². The third kappa shape index (κ3) is 2.93. The quantitative estimate of drug-likeness (QED) is 0.626. The fourth-order valence-electron chi connectivity index (χ4n) is 1.55. The normalized spacial score (nSPS) is 9.33. The van der Waals surface area contributed by atoms with Crippen LogP contribution in [0.3, 0.4) is 0 Å². The Morgan fingerprint density at radius 2 is 1.67 bits per heavy atom. The van der Waals surface area contributed by atoms with E-state index in [9.17, 15) is 9.59 Å². The Balaban J connectivity index is 0.00000162. The molecule has 0 unspecified atom stereocenters. The number of ketones is 1. The summed E-state index contributed by atoms with van der Waals surface area (Å²) >= 11 is 0. The number of carbonyl (C=O) groups excluding carboxylic acids is 1. The van der Waals surface area contributed by atoms with Gasteiger partial charge in [-0.3, -0.25) is 9.59 Å². The number of aromatic carboxylic acids is 1. The summed E-state index contributed by atoms with van der Waals surface area (Å²) in [7, 11) is 0. The molecule has 0 bridgehead atoms. The minimum Gasteiger partial charge on any atom is -0.487 e. The van der Waals surface area contributed by atoms with Gasteiger partial charge in [-0.15, -0.1) is 0 Å². The van der Waals surface area contributed by atoms with E-state index in [-0.39, 0.29) is 38.0 Å². The van der Waals surface area contributed by atoms with Gasteiger partial charge in [-0.2, -0.15) is 24.3 Å². The average Bonchev–Trinajstić information content (AvgIpc) is 2.39. The zero-order valence-electron chi connectivity index (χ0n) is 9.29. The summed E-state index contributed by atoms with van der Waals surface area (Å²) < 4.78 is 0. The fourth-order valence-corrected chi connectivity index (χ4v) is 1.55. The van der Waals surface area contributed by atoms with Gasteiger partial charge in [-0.1, -0.05) is 35.9 Å². The summed E-state index contributed by atoms with van der Waals surface area (Å²) in [5.41, 5.74) is 0.630. The fraction of sp³-hybridized carbons (Fsp3) is 0. The second-order valence-corrected chi connectivity index (χ2v) is 3.47. The van der Waals surface area contributed by atoms with Crippen molar-refractivity contribution >= 4 is 11.8 Å². The topological polar surface area (TPSA) is 54.4 Å². The maximum Gasteiger partial charge on any atom is 0.279 e. The number of carboxylic acid groups (broad SMARTS) is 1. The van der Waals surface area contributed by atoms with Crippen molar-refractivity contribution in [2.24, 2.45) is 0 Å². The Morgan fingerprint density at radius 1 is 1.00 bits per heavy atom. The van der Waals surface area contributed by atoms with E-state index >= 15 is 0 Å². The van der Waals surface area contributed by atoms with E-state index in [2.05, 4.69) is 6.07 Å². The molecule has 18 heavy (non-hydrogen) atoms. The third-order valence-corrected chi connectivity index (χ3v) is 2.38. The minimum atomic E-state index is -1.12. The second kappa shape index (κ2) is 6.27. The Kier molecular flexibility index (Phi) is 4.99. The van der Waals surface area contributed by atoms with Crippen molar-refractivity contribution in [1.29, 1.82) is 0 Å². The van der Waals surface area contributed by atoms with Gasteiger partial charge in [0.1, 0.15) is 0 Å². The molecular formula is C14H9O3W-. The van der Waals surface area contributed by atoms with Crippen molar-refractivity contribution in [3.63, 3.8) is 0 Å². The molecule has 90 valence electrons. The maximum atomic E-state index is 12.1. The van der Waals surface area contributed by atoms with Gasteiger partial charge in [0.25, 0.3) is 5.97 Å². The van der Waals surface area contributed by atoms with Crippen LogP contribution in [0.4, 0.5) is 0 Å². The van der Waals surface area contributed by atoms with Gasteiger partial charge in [0.15, 0.2) is 5.78 Å². The molecule has 0 heterocycles. The molecule has 0 amide bonds. The third-order valence-electron chi connectivity index (χ3n) is 2.38. The molecule has 0 aliphatic carbocycles. The number of carbonyl (C=O) groups is 2. The maximum absolute atomic E-state index is 12.1. The molecule has 0 aliphatic rings. The predicted octanol–water partition coefficient (Wildman–Crippen LogP) is 2.41. The zero-order valence-corrected chi connectivity index (χ0v) is 12.2. The first kappa shape index (κ1) is 14.3. The first-order valence-corrected chi connectivity index (χ1v) is 5.03. The summed E-state index contributed by atoms with van der Waals surface area (Å²) in [4.78, 5) is 23.1. The van der Waals surface area contributed by atoms with Crippen molar-refractivity contribution < 1.29 is 35.8 Å². The summed E-state index contributed by atoms with van der Waals surface area (Å²) in [5, 5.41) is 8.99. The van der Waals surface area contributed by atoms with Crippen molar-refractivity contribution in [2.75, 3.05) is 0 Å². The van der Waals surface area contributed by atoms with Crippen LogP contribution in [0.25, 0.3) is 0 Å². The largest absolute Gasteiger partial charge is 0.487 e. The molecule has 0 aromatic heterocycles. The van der Waals surface area contributed by atoms with Crippen molar-refractivity contribution in [1.82, 2.24) is 0 Å². The Morgan fingerprint density at radius 3 is 2.28 bits per heavy atom. The first-order valence-electron chi connectivity index (χ1n) is 5.03. The number of rotatable bonds is 3. The summed E-state index contributed by atoms with van der Waals surface area (Å²) in [6.07, 6.45) is 0. The number of hydrogen-bond donors (Lipinski definition) is 1. The van der Waals surface area contributed by atoms with Crippen LogP contribution < -0.4 is 0 Å². The van der Waals surface area contributed by atoms with E-state index in [4.69, 9.17) is 5.11 Å². The van der Waals surface area contributed by atoms with Crippen molar-refractivity contribution in [2.45, 2.75) is 0 Å². The molecule has 4 heteroatoms. The van der Waals surface area contributed by atoms with Gasteiger partial charge in [-0.25, -0.2) is 0 Å². The van der Waals surface area contributed by atoms with Crippen LogP contribution in [0, 0.1) is 6.07 Å². The van der Waals surface area contributed by atoms with Gasteiger partial charge in [0.2, 0.25) is 0 Å². The van der Waals surface area contributed by atoms with E-state index in [0.717, 1.165) is 0 Å². The molecule has 2 aromatic carbocycles. The molecule has 0 saturated heterocycles.